The Morgan fingerprint density at radius 3 is 2.46 bits per heavy atom. The van der Waals surface area contributed by atoms with Crippen LogP contribution in [-0.4, -0.2) is 79.0 Å². The summed E-state index contributed by atoms with van der Waals surface area (Å²) in [6, 6.07) is 0. The van der Waals surface area contributed by atoms with E-state index in [2.05, 4.69) is 41.4 Å². The number of piperidine rings is 1. The highest BCUT2D eigenvalue weighted by atomic mass is 31.0. The van der Waals surface area contributed by atoms with E-state index in [0.717, 1.165) is 69.1 Å². The molecule has 0 saturated carbocycles. The summed E-state index contributed by atoms with van der Waals surface area (Å²) >= 11 is 0. The van der Waals surface area contributed by atoms with Crippen LogP contribution in [-0.2, 0) is 4.79 Å². The van der Waals surface area contributed by atoms with Crippen molar-refractivity contribution in [1.82, 2.24) is 19.8 Å². The lowest BCUT2D eigenvalue weighted by molar-refractivity contribution is -0.137. The van der Waals surface area contributed by atoms with Gasteiger partial charge in [-0.15, -0.1) is 0 Å². The molecular weight excluding hydrogens is 323 g/mol. The predicted octanol–water partition coefficient (Wildman–Crippen LogP) is 0.00910. The van der Waals surface area contributed by atoms with Gasteiger partial charge in [-0.05, 0) is 19.9 Å². The molecule has 2 fully saturated rings. The third kappa shape index (κ3) is 3.62. The van der Waals surface area contributed by atoms with E-state index >= 15 is 0 Å². The summed E-state index contributed by atoms with van der Waals surface area (Å²) in [6.45, 7) is 5.42. The Bertz CT molecular complexity index is 582. The average Bonchev–Trinajstić information content (AvgIpc) is 2.62. The van der Waals surface area contributed by atoms with Crippen molar-refractivity contribution in [1.29, 1.82) is 0 Å². The molecule has 8 heteroatoms. The molecule has 1 atom stereocenters. The lowest BCUT2D eigenvalue weighted by Crippen LogP contribution is -2.50. The first-order chi connectivity index (χ1) is 11.6. The lowest BCUT2D eigenvalue weighted by Gasteiger charge is -2.38. The van der Waals surface area contributed by atoms with Gasteiger partial charge >= 0.3 is 0 Å². The highest BCUT2D eigenvalue weighted by molar-refractivity contribution is 7.28. The number of piperazine rings is 1. The summed E-state index contributed by atoms with van der Waals surface area (Å²) in [7, 11) is 6.70. The van der Waals surface area contributed by atoms with E-state index in [1.807, 2.05) is 11.9 Å². The number of likely N-dealkylation sites (N-methyl/N-ethyl adjacent to an activating group) is 1. The van der Waals surface area contributed by atoms with Crippen LogP contribution in [0.4, 0.5) is 11.6 Å². The fourth-order valence-corrected chi connectivity index (χ4v) is 3.94. The van der Waals surface area contributed by atoms with Gasteiger partial charge in [0.2, 0.25) is 5.91 Å². The Morgan fingerprint density at radius 2 is 1.83 bits per heavy atom. The highest BCUT2D eigenvalue weighted by Gasteiger charge is 2.30. The molecule has 1 aromatic rings. The second-order valence-electron chi connectivity index (χ2n) is 6.60. The van der Waals surface area contributed by atoms with Crippen molar-refractivity contribution in [2.75, 3.05) is 63.6 Å². The topological polar surface area (TPSA) is 64.6 Å². The van der Waals surface area contributed by atoms with Crippen molar-refractivity contribution in [3.63, 3.8) is 0 Å². The van der Waals surface area contributed by atoms with Crippen molar-refractivity contribution >= 4 is 32.1 Å². The lowest BCUT2D eigenvalue weighted by atomic mass is 9.95. The van der Waals surface area contributed by atoms with Gasteiger partial charge in [0.05, 0.1) is 5.30 Å². The number of hydrogen-bond donors (Lipinski definition) is 1. The smallest absolute Gasteiger partial charge is 0.225 e. The Morgan fingerprint density at radius 1 is 1.17 bits per heavy atom. The van der Waals surface area contributed by atoms with E-state index in [4.69, 9.17) is 0 Å². The molecule has 2 aliphatic rings. The van der Waals surface area contributed by atoms with Crippen molar-refractivity contribution in [2.45, 2.75) is 12.8 Å². The van der Waals surface area contributed by atoms with Crippen molar-refractivity contribution in [3.8, 4) is 0 Å². The SMILES string of the molecule is CNc1ncnc(N2CCC(C(=O)N3CCN(C)CC3)CC2)c1P. The highest BCUT2D eigenvalue weighted by Crippen LogP contribution is 2.24. The Kier molecular flexibility index (Phi) is 5.51. The largest absolute Gasteiger partial charge is 0.372 e. The van der Waals surface area contributed by atoms with Gasteiger partial charge in [-0.1, -0.05) is 9.24 Å². The van der Waals surface area contributed by atoms with Crippen LogP contribution in [0.15, 0.2) is 6.33 Å². The van der Waals surface area contributed by atoms with Gasteiger partial charge in [-0.25, -0.2) is 9.97 Å². The van der Waals surface area contributed by atoms with Gasteiger partial charge in [-0.2, -0.15) is 0 Å². The molecule has 132 valence electrons. The molecule has 24 heavy (non-hydrogen) atoms. The number of amides is 1. The molecular formula is C16H27N6OP. The average molecular weight is 350 g/mol. The molecule has 2 aliphatic heterocycles. The van der Waals surface area contributed by atoms with Crippen LogP contribution < -0.4 is 15.5 Å². The van der Waals surface area contributed by atoms with E-state index in [9.17, 15) is 4.79 Å². The zero-order chi connectivity index (χ0) is 17.1. The molecule has 7 nitrogen and oxygen atoms in total. The Labute approximate surface area is 146 Å². The van der Waals surface area contributed by atoms with Crippen LogP contribution in [0, 0.1) is 5.92 Å². The fourth-order valence-electron chi connectivity index (χ4n) is 3.46. The molecule has 2 saturated heterocycles. The maximum atomic E-state index is 12.7. The van der Waals surface area contributed by atoms with E-state index in [-0.39, 0.29) is 5.92 Å². The summed E-state index contributed by atoms with van der Waals surface area (Å²) in [6.07, 6.45) is 3.39. The van der Waals surface area contributed by atoms with Gasteiger partial charge in [0.15, 0.2) is 0 Å². The number of nitrogens with one attached hydrogen (secondary N) is 1. The van der Waals surface area contributed by atoms with Gasteiger partial charge in [0, 0.05) is 52.2 Å². The molecule has 3 heterocycles. The first-order valence-corrected chi connectivity index (χ1v) is 9.18. The summed E-state index contributed by atoms with van der Waals surface area (Å²) < 4.78 is 0. The minimum Gasteiger partial charge on any atom is -0.372 e. The number of hydrogen-bond acceptors (Lipinski definition) is 6. The molecule has 0 radical (unpaired) electrons. The molecule has 0 aromatic carbocycles. The zero-order valence-corrected chi connectivity index (χ0v) is 15.7. The van der Waals surface area contributed by atoms with Crippen LogP contribution in [0.5, 0.6) is 0 Å². The second kappa shape index (κ2) is 7.62. The van der Waals surface area contributed by atoms with Crippen LogP contribution in [0.25, 0.3) is 0 Å². The standard InChI is InChI=1S/C16H27N6OP/c1-17-14-13(24)15(19-11-18-14)21-5-3-12(4-6-21)16(23)22-9-7-20(2)8-10-22/h11-12H,3-10,24H2,1-2H3,(H,17,18,19). The summed E-state index contributed by atoms with van der Waals surface area (Å²) in [4.78, 5) is 28.0. The van der Waals surface area contributed by atoms with Gasteiger partial charge in [0.1, 0.15) is 18.0 Å². The van der Waals surface area contributed by atoms with Crippen molar-refractivity contribution in [3.05, 3.63) is 6.33 Å². The maximum Gasteiger partial charge on any atom is 0.225 e. The third-order valence-electron chi connectivity index (χ3n) is 5.06. The summed E-state index contributed by atoms with van der Waals surface area (Å²) in [5.74, 6) is 2.28. The van der Waals surface area contributed by atoms with Gasteiger partial charge in [0.25, 0.3) is 0 Å². The first-order valence-electron chi connectivity index (χ1n) is 8.60. The van der Waals surface area contributed by atoms with Crippen molar-refractivity contribution in [2.24, 2.45) is 5.92 Å². The second-order valence-corrected chi connectivity index (χ2v) is 7.18. The maximum absolute atomic E-state index is 12.7. The quantitative estimate of drug-likeness (QED) is 0.775. The number of anilines is 2. The number of carbonyl (C=O) groups is 1. The van der Waals surface area contributed by atoms with E-state index in [1.54, 1.807) is 6.33 Å². The summed E-state index contributed by atoms with van der Waals surface area (Å²) in [5.41, 5.74) is 0. The molecule has 1 N–H and O–H groups in total. The minimum absolute atomic E-state index is 0.156. The molecule has 0 bridgehead atoms. The van der Waals surface area contributed by atoms with E-state index in [0.29, 0.717) is 5.91 Å². The predicted molar refractivity (Wildman–Crippen MR) is 99.9 cm³/mol. The van der Waals surface area contributed by atoms with Crippen LogP contribution >= 0.6 is 9.24 Å². The number of carbonyl (C=O) groups excluding carboxylic acids is 1. The molecule has 1 aromatic heterocycles. The number of aromatic nitrogens is 2. The Balaban J connectivity index is 1.59. The van der Waals surface area contributed by atoms with Crippen LogP contribution in [0.3, 0.4) is 0 Å². The molecule has 3 rings (SSSR count). The van der Waals surface area contributed by atoms with Crippen LogP contribution in [0.1, 0.15) is 12.8 Å². The third-order valence-corrected chi connectivity index (χ3v) is 5.59. The van der Waals surface area contributed by atoms with Crippen molar-refractivity contribution < 1.29 is 4.79 Å². The number of nitrogens with zero attached hydrogens (tertiary/aromatic N) is 5. The minimum atomic E-state index is 0.156. The first kappa shape index (κ1) is 17.4. The van der Waals surface area contributed by atoms with E-state index in [1.165, 1.54) is 0 Å². The Hall–Kier alpha value is -1.46. The van der Waals surface area contributed by atoms with E-state index < -0.39 is 0 Å². The number of rotatable bonds is 3. The monoisotopic (exact) mass is 350 g/mol. The van der Waals surface area contributed by atoms with Gasteiger partial charge in [-0.3, -0.25) is 4.79 Å². The normalized spacial score (nSPS) is 20.3. The molecule has 1 amide bonds. The zero-order valence-electron chi connectivity index (χ0n) is 14.5. The van der Waals surface area contributed by atoms with Gasteiger partial charge < -0.3 is 20.0 Å². The fraction of sp³-hybridized carbons (Fsp3) is 0.688. The molecule has 0 aliphatic carbocycles. The van der Waals surface area contributed by atoms with Crippen LogP contribution in [0.2, 0.25) is 0 Å². The molecule has 1 unspecified atom stereocenters. The molecule has 0 spiro atoms. The summed E-state index contributed by atoms with van der Waals surface area (Å²) in [5, 5.41) is 4.07.